The van der Waals surface area contributed by atoms with Crippen molar-refractivity contribution in [3.63, 3.8) is 0 Å². The Labute approximate surface area is 246 Å². The van der Waals surface area contributed by atoms with Gasteiger partial charge in [0.1, 0.15) is 6.04 Å². The van der Waals surface area contributed by atoms with Crippen molar-refractivity contribution in [2.45, 2.75) is 25.7 Å². The fourth-order valence-corrected chi connectivity index (χ4v) is 5.38. The van der Waals surface area contributed by atoms with Gasteiger partial charge in [0, 0.05) is 24.7 Å². The molecule has 0 fully saturated rings. The van der Waals surface area contributed by atoms with Crippen molar-refractivity contribution < 1.29 is 18.0 Å². The summed E-state index contributed by atoms with van der Waals surface area (Å²) in [5.41, 5.74) is 2.89. The molecule has 0 radical (unpaired) electrons. The quantitative estimate of drug-likeness (QED) is 0.246. The Hall–Kier alpha value is -3.98. The lowest BCUT2D eigenvalue weighted by molar-refractivity contribution is -0.141. The molecule has 212 valence electrons. The molecule has 0 saturated carbocycles. The summed E-state index contributed by atoms with van der Waals surface area (Å²) in [5.74, 6) is -0.911. The van der Waals surface area contributed by atoms with E-state index in [2.05, 4.69) is 5.32 Å². The monoisotopic (exact) mass is 589 g/mol. The van der Waals surface area contributed by atoms with Gasteiger partial charge >= 0.3 is 0 Å². The number of sulfonamides is 1. The molecule has 9 heteroatoms. The average molecular weight is 590 g/mol. The fourth-order valence-electron chi connectivity index (χ4n) is 4.45. The summed E-state index contributed by atoms with van der Waals surface area (Å²) < 4.78 is 26.7. The zero-order valence-corrected chi connectivity index (χ0v) is 24.3. The van der Waals surface area contributed by atoms with Crippen molar-refractivity contribution in [3.8, 4) is 0 Å². The summed E-state index contributed by atoms with van der Waals surface area (Å²) in [7, 11) is -3.76. The molecule has 4 aromatic rings. The minimum absolute atomic E-state index is 0.0271. The minimum Gasteiger partial charge on any atom is -0.350 e. The van der Waals surface area contributed by atoms with Gasteiger partial charge < -0.3 is 10.2 Å². The molecule has 0 aliphatic heterocycles. The van der Waals surface area contributed by atoms with Gasteiger partial charge in [-0.15, -0.1) is 0 Å². The highest BCUT2D eigenvalue weighted by Gasteiger charge is 2.33. The maximum Gasteiger partial charge on any atom is 0.247 e. The van der Waals surface area contributed by atoms with Crippen LogP contribution in [0.1, 0.15) is 28.3 Å². The second-order valence-electron chi connectivity index (χ2n) is 9.65. The molecule has 0 aliphatic carbocycles. The highest BCUT2D eigenvalue weighted by molar-refractivity contribution is 7.88. The molecule has 0 spiro atoms. The van der Waals surface area contributed by atoms with Gasteiger partial charge in [-0.3, -0.25) is 9.59 Å². The third-order valence-electron chi connectivity index (χ3n) is 6.58. The van der Waals surface area contributed by atoms with Crippen molar-refractivity contribution >= 4 is 33.4 Å². The lowest BCUT2D eigenvalue weighted by Gasteiger charge is -2.33. The second kappa shape index (κ2) is 14.1. The van der Waals surface area contributed by atoms with Crippen LogP contribution in [0.25, 0.3) is 0 Å². The van der Waals surface area contributed by atoms with E-state index < -0.39 is 34.4 Å². The summed E-state index contributed by atoms with van der Waals surface area (Å²) >= 11 is 6.31. The largest absolute Gasteiger partial charge is 0.350 e. The van der Waals surface area contributed by atoms with Crippen molar-refractivity contribution in [3.05, 3.63) is 143 Å². The Morgan fingerprint density at radius 3 is 1.83 bits per heavy atom. The van der Waals surface area contributed by atoms with E-state index >= 15 is 0 Å². The van der Waals surface area contributed by atoms with Gasteiger partial charge in [0.2, 0.25) is 21.8 Å². The molecule has 7 nitrogen and oxygen atoms in total. The number of amides is 2. The lowest BCUT2D eigenvalue weighted by atomic mass is 10.0. The van der Waals surface area contributed by atoms with Gasteiger partial charge in [0.15, 0.2) is 0 Å². The van der Waals surface area contributed by atoms with Gasteiger partial charge in [0.25, 0.3) is 0 Å². The van der Waals surface area contributed by atoms with Crippen LogP contribution < -0.4 is 5.32 Å². The Morgan fingerprint density at radius 1 is 0.756 bits per heavy atom. The van der Waals surface area contributed by atoms with Crippen LogP contribution in [0, 0.1) is 0 Å². The predicted molar refractivity (Wildman–Crippen MR) is 161 cm³/mol. The average Bonchev–Trinajstić information content (AvgIpc) is 2.97. The van der Waals surface area contributed by atoms with E-state index in [9.17, 15) is 18.0 Å². The minimum atomic E-state index is -3.76. The van der Waals surface area contributed by atoms with Crippen molar-refractivity contribution in [1.29, 1.82) is 0 Å². The molecule has 2 amide bonds. The van der Waals surface area contributed by atoms with Crippen molar-refractivity contribution in [2.24, 2.45) is 0 Å². The number of nitrogens with zero attached hydrogens (tertiary/aromatic N) is 2. The highest BCUT2D eigenvalue weighted by atomic mass is 35.5. The fraction of sp³-hybridized carbons (Fsp3) is 0.188. The van der Waals surface area contributed by atoms with Gasteiger partial charge in [-0.25, -0.2) is 8.42 Å². The van der Waals surface area contributed by atoms with Gasteiger partial charge in [-0.2, -0.15) is 4.31 Å². The van der Waals surface area contributed by atoms with Crippen LogP contribution in [0.5, 0.6) is 0 Å². The Bertz CT molecular complexity index is 1550. The van der Waals surface area contributed by atoms with Crippen LogP contribution in [0.15, 0.2) is 115 Å². The van der Waals surface area contributed by atoms with E-state index in [4.69, 9.17) is 11.6 Å². The van der Waals surface area contributed by atoms with Crippen LogP contribution in [0.3, 0.4) is 0 Å². The zero-order chi connectivity index (χ0) is 29.2. The van der Waals surface area contributed by atoms with Crippen LogP contribution >= 0.6 is 11.6 Å². The van der Waals surface area contributed by atoms with E-state index in [0.29, 0.717) is 10.6 Å². The molecule has 4 rings (SSSR count). The number of rotatable bonds is 12. The first-order chi connectivity index (χ1) is 19.7. The molecule has 1 N–H and O–H groups in total. The van der Waals surface area contributed by atoms with Gasteiger partial charge in [-0.1, -0.05) is 121 Å². The van der Waals surface area contributed by atoms with Crippen LogP contribution in [-0.4, -0.2) is 42.2 Å². The molecule has 1 atom stereocenters. The molecule has 0 heterocycles. The maximum atomic E-state index is 14.1. The summed E-state index contributed by atoms with van der Waals surface area (Å²) in [6, 6.07) is 33.5. The van der Waals surface area contributed by atoms with Crippen LogP contribution in [-0.2, 0) is 39.2 Å². The number of carbonyl (C=O) groups is 2. The first kappa shape index (κ1) is 30.0. The molecular formula is C32H32ClN3O4S. The molecule has 4 aromatic carbocycles. The van der Waals surface area contributed by atoms with E-state index in [1.807, 2.05) is 72.8 Å². The van der Waals surface area contributed by atoms with Crippen molar-refractivity contribution in [1.82, 2.24) is 14.5 Å². The summed E-state index contributed by atoms with van der Waals surface area (Å²) in [5, 5.41) is 3.45. The highest BCUT2D eigenvalue weighted by Crippen LogP contribution is 2.25. The van der Waals surface area contributed by atoms with Crippen LogP contribution in [0.4, 0.5) is 0 Å². The molecule has 0 saturated heterocycles. The second-order valence-corrected chi connectivity index (χ2v) is 12.0. The van der Waals surface area contributed by atoms with E-state index in [-0.39, 0.29) is 19.6 Å². The van der Waals surface area contributed by atoms with E-state index in [1.165, 1.54) is 4.90 Å². The summed E-state index contributed by atoms with van der Waals surface area (Å²) in [6.07, 6.45) is 1.08. The first-order valence-electron chi connectivity index (χ1n) is 13.1. The SMILES string of the molecule is CS(=O)(=O)N(CC(=O)N(Cc1ccccc1)[C@@H](C(=O)NCc1ccccc1Cl)c1ccccc1)Cc1ccccc1. The Morgan fingerprint density at radius 2 is 1.27 bits per heavy atom. The topological polar surface area (TPSA) is 86.8 Å². The van der Waals surface area contributed by atoms with Crippen LogP contribution in [0.2, 0.25) is 5.02 Å². The summed E-state index contributed by atoms with van der Waals surface area (Å²) in [4.78, 5) is 29.4. The zero-order valence-electron chi connectivity index (χ0n) is 22.7. The predicted octanol–water partition coefficient (Wildman–Crippen LogP) is 5.19. The van der Waals surface area contributed by atoms with Gasteiger partial charge in [0.05, 0.1) is 12.8 Å². The smallest absolute Gasteiger partial charge is 0.247 e. The lowest BCUT2D eigenvalue weighted by Crippen LogP contribution is -2.47. The number of hydrogen-bond donors (Lipinski definition) is 1. The van der Waals surface area contributed by atoms with E-state index in [0.717, 1.165) is 27.3 Å². The normalized spacial score (nSPS) is 12.1. The third kappa shape index (κ3) is 8.50. The standard InChI is InChI=1S/C32H32ClN3O4S/c1-41(39,40)35(22-25-13-5-2-6-14-25)24-30(37)36(23-26-15-7-3-8-16-26)31(27-17-9-4-10-18-27)32(38)34-21-28-19-11-12-20-29(28)33/h2-20,31H,21-24H2,1H3,(H,34,38)/t31-/m1/s1. The number of nitrogens with one attached hydrogen (secondary N) is 1. The molecule has 0 aliphatic rings. The van der Waals surface area contributed by atoms with E-state index in [1.54, 1.807) is 42.5 Å². The molecular weight excluding hydrogens is 558 g/mol. The Balaban J connectivity index is 1.69. The molecule has 0 bridgehead atoms. The Kier molecular flexibility index (Phi) is 10.3. The number of carbonyl (C=O) groups excluding carboxylic acids is 2. The molecule has 41 heavy (non-hydrogen) atoms. The van der Waals surface area contributed by atoms with Gasteiger partial charge in [-0.05, 0) is 28.3 Å². The number of halogens is 1. The summed E-state index contributed by atoms with van der Waals surface area (Å²) in [6.45, 7) is -0.138. The number of benzene rings is 4. The number of hydrogen-bond acceptors (Lipinski definition) is 4. The first-order valence-corrected chi connectivity index (χ1v) is 15.3. The molecule has 0 unspecified atom stereocenters. The third-order valence-corrected chi connectivity index (χ3v) is 8.15. The maximum absolute atomic E-state index is 14.1. The molecule has 0 aromatic heterocycles. The van der Waals surface area contributed by atoms with Crippen molar-refractivity contribution in [2.75, 3.05) is 12.8 Å².